The number of ether oxygens (including phenoxy) is 3. The maximum absolute atomic E-state index is 5.76. The van der Waals surface area contributed by atoms with Gasteiger partial charge < -0.3 is 24.8 Å². The fourth-order valence-electron chi connectivity index (χ4n) is 3.75. The summed E-state index contributed by atoms with van der Waals surface area (Å²) in [6.07, 6.45) is 0. The maximum atomic E-state index is 5.76. The first-order valence-corrected chi connectivity index (χ1v) is 11.1. The van der Waals surface area contributed by atoms with Crippen LogP contribution < -0.4 is 20.1 Å². The molecule has 1 saturated heterocycles. The summed E-state index contributed by atoms with van der Waals surface area (Å²) in [7, 11) is 0. The molecule has 0 bridgehead atoms. The molecule has 0 saturated carbocycles. The molecule has 0 radical (unpaired) electrons. The van der Waals surface area contributed by atoms with E-state index in [1.54, 1.807) is 0 Å². The van der Waals surface area contributed by atoms with E-state index in [2.05, 4.69) is 62.3 Å². The Morgan fingerprint density at radius 2 is 1.70 bits per heavy atom. The number of morpholine rings is 1. The molecule has 7 nitrogen and oxygen atoms in total. The van der Waals surface area contributed by atoms with Gasteiger partial charge in [0, 0.05) is 37.1 Å². The van der Waals surface area contributed by atoms with E-state index in [-0.39, 0.29) is 11.0 Å². The van der Waals surface area contributed by atoms with Gasteiger partial charge >= 0.3 is 0 Å². The Kier molecular flexibility index (Phi) is 7.47. The molecule has 0 atom stereocenters. The molecule has 2 N–H and O–H groups in total. The van der Waals surface area contributed by atoms with Crippen molar-refractivity contribution in [3.05, 3.63) is 23.8 Å². The first kappa shape index (κ1) is 22.7. The van der Waals surface area contributed by atoms with Gasteiger partial charge in [0.05, 0.1) is 19.8 Å². The number of nitrogens with zero attached hydrogens (tertiary/aromatic N) is 2. The van der Waals surface area contributed by atoms with E-state index < -0.39 is 0 Å². The number of guanidine groups is 1. The number of aliphatic imine (C=N–C) groups is 1. The number of benzene rings is 1. The zero-order valence-corrected chi connectivity index (χ0v) is 19.2. The molecular formula is C23H38N4O3. The predicted molar refractivity (Wildman–Crippen MR) is 121 cm³/mol. The Morgan fingerprint density at radius 3 is 2.40 bits per heavy atom. The van der Waals surface area contributed by atoms with Crippen molar-refractivity contribution >= 4 is 5.96 Å². The molecule has 30 heavy (non-hydrogen) atoms. The molecule has 0 aromatic heterocycles. The Labute approximate surface area is 181 Å². The Balaban J connectivity index is 1.63. The lowest BCUT2D eigenvalue weighted by molar-refractivity contribution is -0.00684. The van der Waals surface area contributed by atoms with Crippen molar-refractivity contribution in [1.82, 2.24) is 15.5 Å². The highest BCUT2D eigenvalue weighted by Gasteiger charge is 2.28. The average Bonchev–Trinajstić information content (AvgIpc) is 2.76. The summed E-state index contributed by atoms with van der Waals surface area (Å²) in [5.41, 5.74) is 1.12. The Hall–Kier alpha value is -1.99. The van der Waals surface area contributed by atoms with E-state index in [1.165, 1.54) is 5.56 Å². The van der Waals surface area contributed by atoms with Gasteiger partial charge in [0.2, 0.25) is 0 Å². The largest absolute Gasteiger partial charge is 0.486 e. The number of nitrogens with one attached hydrogen (secondary N) is 2. The summed E-state index contributed by atoms with van der Waals surface area (Å²) in [4.78, 5) is 7.36. The van der Waals surface area contributed by atoms with Crippen molar-refractivity contribution in [2.24, 2.45) is 4.99 Å². The molecule has 0 aliphatic carbocycles. The summed E-state index contributed by atoms with van der Waals surface area (Å²) in [6, 6.07) is 6.23. The van der Waals surface area contributed by atoms with Crippen LogP contribution in [0, 0.1) is 0 Å². The van der Waals surface area contributed by atoms with Gasteiger partial charge in [-0.25, -0.2) is 0 Å². The van der Waals surface area contributed by atoms with Crippen LogP contribution in [0.5, 0.6) is 11.5 Å². The first-order chi connectivity index (χ1) is 14.3. The van der Waals surface area contributed by atoms with Gasteiger partial charge in [-0.2, -0.15) is 0 Å². The van der Waals surface area contributed by atoms with Crippen LogP contribution in [0.4, 0.5) is 0 Å². The number of rotatable bonds is 7. The lowest BCUT2D eigenvalue weighted by Gasteiger charge is -2.40. The van der Waals surface area contributed by atoms with E-state index in [4.69, 9.17) is 19.2 Å². The zero-order valence-electron chi connectivity index (χ0n) is 19.2. The van der Waals surface area contributed by atoms with Crippen molar-refractivity contribution in [3.8, 4) is 11.5 Å². The number of hydrogen-bond acceptors (Lipinski definition) is 5. The topological polar surface area (TPSA) is 67.4 Å². The highest BCUT2D eigenvalue weighted by atomic mass is 16.6. The van der Waals surface area contributed by atoms with Crippen molar-refractivity contribution in [2.45, 2.75) is 45.6 Å². The van der Waals surface area contributed by atoms with Crippen LogP contribution in [0.15, 0.2) is 23.2 Å². The van der Waals surface area contributed by atoms with E-state index in [1.807, 2.05) is 6.07 Å². The van der Waals surface area contributed by atoms with Gasteiger partial charge in [-0.1, -0.05) is 19.9 Å². The fraction of sp³-hybridized carbons (Fsp3) is 0.696. The number of fused-ring (bicyclic) bond motifs is 1. The van der Waals surface area contributed by atoms with Crippen LogP contribution in [-0.4, -0.2) is 75.5 Å². The Bertz CT molecular complexity index is 727. The lowest BCUT2D eigenvalue weighted by Crippen LogP contribution is -2.52. The quantitative estimate of drug-likeness (QED) is 0.524. The van der Waals surface area contributed by atoms with Crippen LogP contribution in [0.25, 0.3) is 0 Å². The third kappa shape index (κ3) is 5.79. The summed E-state index contributed by atoms with van der Waals surface area (Å²) in [5, 5.41) is 6.92. The molecule has 7 heteroatoms. The average molecular weight is 419 g/mol. The minimum atomic E-state index is -0.0915. The van der Waals surface area contributed by atoms with Crippen LogP contribution in [0.2, 0.25) is 0 Å². The summed E-state index contributed by atoms with van der Waals surface area (Å²) < 4.78 is 16.9. The molecule has 2 aliphatic heterocycles. The van der Waals surface area contributed by atoms with E-state index in [9.17, 15) is 0 Å². The lowest BCUT2D eigenvalue weighted by atomic mass is 9.84. The third-order valence-electron chi connectivity index (χ3n) is 5.86. The minimum absolute atomic E-state index is 0.00250. The summed E-state index contributed by atoms with van der Waals surface area (Å²) >= 11 is 0. The van der Waals surface area contributed by atoms with Gasteiger partial charge in [-0.15, -0.1) is 0 Å². The zero-order chi connectivity index (χ0) is 21.6. The van der Waals surface area contributed by atoms with Gasteiger partial charge in [0.25, 0.3) is 0 Å². The molecule has 0 unspecified atom stereocenters. The Morgan fingerprint density at radius 1 is 1.00 bits per heavy atom. The monoisotopic (exact) mass is 418 g/mol. The standard InChI is InChI=1S/C23H38N4O3/c1-6-24-21(26-17-23(4,5)27-9-11-28-12-10-27)25-16-22(2,3)18-7-8-19-20(15-18)30-14-13-29-19/h7-8,15H,6,9-14,16-17H2,1-5H3,(H2,24,25,26). The number of hydrogen-bond donors (Lipinski definition) is 2. The molecule has 1 aromatic rings. The summed E-state index contributed by atoms with van der Waals surface area (Å²) in [6.45, 7) is 18.1. The van der Waals surface area contributed by atoms with Crippen molar-refractivity contribution < 1.29 is 14.2 Å². The molecule has 2 aliphatic rings. The van der Waals surface area contributed by atoms with Crippen LogP contribution in [0.1, 0.15) is 40.2 Å². The third-order valence-corrected chi connectivity index (χ3v) is 5.86. The molecule has 0 amide bonds. The predicted octanol–water partition coefficient (Wildman–Crippen LogP) is 2.40. The minimum Gasteiger partial charge on any atom is -0.486 e. The van der Waals surface area contributed by atoms with E-state index in [0.29, 0.717) is 13.2 Å². The second-order valence-corrected chi connectivity index (χ2v) is 9.20. The van der Waals surface area contributed by atoms with Crippen LogP contribution >= 0.6 is 0 Å². The van der Waals surface area contributed by atoms with Crippen LogP contribution in [-0.2, 0) is 10.2 Å². The highest BCUT2D eigenvalue weighted by molar-refractivity contribution is 5.80. The van der Waals surface area contributed by atoms with Crippen LogP contribution in [0.3, 0.4) is 0 Å². The van der Waals surface area contributed by atoms with Crippen molar-refractivity contribution in [2.75, 3.05) is 59.2 Å². The van der Waals surface area contributed by atoms with Gasteiger partial charge in [-0.05, 0) is 38.5 Å². The molecule has 3 rings (SSSR count). The van der Waals surface area contributed by atoms with E-state index >= 15 is 0 Å². The second-order valence-electron chi connectivity index (χ2n) is 9.20. The summed E-state index contributed by atoms with van der Waals surface area (Å²) in [5.74, 6) is 2.51. The maximum Gasteiger partial charge on any atom is 0.191 e. The van der Waals surface area contributed by atoms with Gasteiger partial charge in [0.15, 0.2) is 17.5 Å². The first-order valence-electron chi connectivity index (χ1n) is 11.1. The second kappa shape index (κ2) is 9.88. The van der Waals surface area contributed by atoms with E-state index in [0.717, 1.165) is 63.4 Å². The normalized spacial score (nSPS) is 18.2. The SMILES string of the molecule is CCNC(=NCC(C)(C)N1CCOCC1)NCC(C)(C)c1ccc2c(c1)OCCO2. The van der Waals surface area contributed by atoms with Gasteiger partial charge in [0.1, 0.15) is 13.2 Å². The molecule has 1 fully saturated rings. The van der Waals surface area contributed by atoms with Crippen molar-refractivity contribution in [3.63, 3.8) is 0 Å². The smallest absolute Gasteiger partial charge is 0.191 e. The fourth-order valence-corrected chi connectivity index (χ4v) is 3.75. The van der Waals surface area contributed by atoms with Gasteiger partial charge in [-0.3, -0.25) is 9.89 Å². The highest BCUT2D eigenvalue weighted by Crippen LogP contribution is 2.34. The molecule has 0 spiro atoms. The molecule has 1 aromatic carbocycles. The molecule has 168 valence electrons. The molecular weight excluding hydrogens is 380 g/mol. The molecule has 2 heterocycles. The van der Waals surface area contributed by atoms with Crippen molar-refractivity contribution in [1.29, 1.82) is 0 Å².